The molecule has 0 atom stereocenters. The van der Waals surface area contributed by atoms with Crippen molar-refractivity contribution in [2.45, 2.75) is 6.92 Å². The third kappa shape index (κ3) is 2.89. The Kier molecular flexibility index (Phi) is 4.41. The molecule has 0 saturated carbocycles. The molecule has 0 fully saturated rings. The number of nitrogens with zero attached hydrogens (tertiary/aromatic N) is 2. The third-order valence-corrected chi connectivity index (χ3v) is 3.38. The van der Waals surface area contributed by atoms with Crippen LogP contribution in [-0.4, -0.2) is 29.2 Å². The van der Waals surface area contributed by atoms with Crippen molar-refractivity contribution in [1.82, 2.24) is 9.55 Å². The summed E-state index contributed by atoms with van der Waals surface area (Å²) in [5.41, 5.74) is 1.24. The number of rotatable bonds is 4. The topological polar surface area (TPSA) is 53.3 Å². The minimum Gasteiger partial charge on any atom is -0.496 e. The fourth-order valence-corrected chi connectivity index (χ4v) is 2.38. The molecule has 2 rings (SSSR count). The van der Waals surface area contributed by atoms with Gasteiger partial charge in [-0.3, -0.25) is 4.57 Å². The minimum atomic E-state index is -0.383. The van der Waals surface area contributed by atoms with Gasteiger partial charge in [-0.1, -0.05) is 0 Å². The lowest BCUT2D eigenvalue weighted by molar-refractivity contribution is 0.0517. The molecule has 0 bridgehead atoms. The maximum atomic E-state index is 11.8. The Bertz CT molecular complexity index is 595. The van der Waals surface area contributed by atoms with E-state index in [1.54, 1.807) is 24.9 Å². The summed E-state index contributed by atoms with van der Waals surface area (Å²) in [6.45, 7) is 2.11. The lowest BCUT2D eigenvalue weighted by Crippen LogP contribution is -2.10. The van der Waals surface area contributed by atoms with Gasteiger partial charge in [-0.2, -0.15) is 0 Å². The highest BCUT2D eigenvalue weighted by atomic mass is 127. The molecule has 0 N–H and O–H groups in total. The van der Waals surface area contributed by atoms with Gasteiger partial charge in [0.15, 0.2) is 5.69 Å². The largest absolute Gasteiger partial charge is 0.496 e. The van der Waals surface area contributed by atoms with Gasteiger partial charge < -0.3 is 9.47 Å². The van der Waals surface area contributed by atoms with Crippen molar-refractivity contribution in [1.29, 1.82) is 0 Å². The van der Waals surface area contributed by atoms with E-state index in [0.717, 1.165) is 15.0 Å². The van der Waals surface area contributed by atoms with Crippen LogP contribution in [0.4, 0.5) is 0 Å². The van der Waals surface area contributed by atoms with E-state index in [9.17, 15) is 4.79 Å². The molecule has 1 heterocycles. The van der Waals surface area contributed by atoms with E-state index in [1.165, 1.54) is 6.20 Å². The number of methoxy groups -OCH3 is 1. The number of hydrogen-bond donors (Lipinski definition) is 0. The zero-order valence-electron chi connectivity index (χ0n) is 10.6. The van der Waals surface area contributed by atoms with Gasteiger partial charge in [0.2, 0.25) is 0 Å². The molecule has 0 aliphatic heterocycles. The van der Waals surface area contributed by atoms with Crippen LogP contribution in [0.2, 0.25) is 0 Å². The van der Waals surface area contributed by atoms with Crippen LogP contribution in [0.1, 0.15) is 17.4 Å². The van der Waals surface area contributed by atoms with E-state index in [0.29, 0.717) is 12.3 Å². The van der Waals surface area contributed by atoms with Gasteiger partial charge in [0, 0.05) is 5.69 Å². The van der Waals surface area contributed by atoms with Crippen molar-refractivity contribution in [2.24, 2.45) is 0 Å². The lowest BCUT2D eigenvalue weighted by Gasteiger charge is -2.09. The van der Waals surface area contributed by atoms with Crippen LogP contribution in [0, 0.1) is 3.57 Å². The molecule has 2 aromatic rings. The normalized spacial score (nSPS) is 10.3. The van der Waals surface area contributed by atoms with Crippen LogP contribution in [-0.2, 0) is 4.74 Å². The highest BCUT2D eigenvalue weighted by Gasteiger charge is 2.14. The summed E-state index contributed by atoms with van der Waals surface area (Å²) < 4.78 is 12.9. The third-order valence-electron chi connectivity index (χ3n) is 2.54. The van der Waals surface area contributed by atoms with Crippen molar-refractivity contribution in [3.05, 3.63) is 40.0 Å². The fraction of sp³-hybridized carbons (Fsp3) is 0.231. The molecule has 0 amide bonds. The first kappa shape index (κ1) is 13.9. The minimum absolute atomic E-state index is 0.337. The average molecular weight is 372 g/mol. The molecule has 19 heavy (non-hydrogen) atoms. The van der Waals surface area contributed by atoms with Crippen LogP contribution in [0.15, 0.2) is 30.7 Å². The van der Waals surface area contributed by atoms with Gasteiger partial charge in [0.05, 0.1) is 29.8 Å². The summed E-state index contributed by atoms with van der Waals surface area (Å²) in [6.07, 6.45) is 3.08. The second-order valence-electron chi connectivity index (χ2n) is 3.69. The van der Waals surface area contributed by atoms with Crippen LogP contribution in [0.5, 0.6) is 5.75 Å². The molecule has 0 spiro atoms. The number of halogens is 1. The van der Waals surface area contributed by atoms with E-state index >= 15 is 0 Å². The van der Waals surface area contributed by atoms with Crippen LogP contribution < -0.4 is 4.74 Å². The molecule has 6 heteroatoms. The first-order valence-electron chi connectivity index (χ1n) is 5.70. The van der Waals surface area contributed by atoms with Gasteiger partial charge in [0.1, 0.15) is 5.75 Å². The SMILES string of the molecule is CCOC(=O)c1cncn1-c1ccc(OC)c(I)c1. The molecule has 0 saturated heterocycles. The van der Waals surface area contributed by atoms with Gasteiger partial charge >= 0.3 is 5.97 Å². The van der Waals surface area contributed by atoms with Crippen molar-refractivity contribution < 1.29 is 14.3 Å². The van der Waals surface area contributed by atoms with E-state index in [4.69, 9.17) is 9.47 Å². The molecular weight excluding hydrogens is 359 g/mol. The van der Waals surface area contributed by atoms with E-state index < -0.39 is 0 Å². The monoisotopic (exact) mass is 372 g/mol. The second-order valence-corrected chi connectivity index (χ2v) is 4.85. The Morgan fingerprint density at radius 2 is 2.26 bits per heavy atom. The predicted octanol–water partition coefficient (Wildman–Crippen LogP) is 2.66. The summed E-state index contributed by atoms with van der Waals surface area (Å²) in [4.78, 5) is 15.8. The molecule has 0 unspecified atom stereocenters. The highest BCUT2D eigenvalue weighted by molar-refractivity contribution is 14.1. The summed E-state index contributed by atoms with van der Waals surface area (Å²) in [5, 5.41) is 0. The molecule has 0 aliphatic rings. The molecular formula is C13H13IN2O3. The lowest BCUT2D eigenvalue weighted by atomic mass is 10.3. The number of aromatic nitrogens is 2. The molecule has 5 nitrogen and oxygen atoms in total. The number of carbonyl (C=O) groups is 1. The predicted molar refractivity (Wildman–Crippen MR) is 78.8 cm³/mol. The number of imidazole rings is 1. The van der Waals surface area contributed by atoms with Crippen molar-refractivity contribution >= 4 is 28.6 Å². The first-order valence-corrected chi connectivity index (χ1v) is 6.78. The summed E-state index contributed by atoms with van der Waals surface area (Å²) >= 11 is 2.18. The average Bonchev–Trinajstić information content (AvgIpc) is 2.88. The van der Waals surface area contributed by atoms with Crippen molar-refractivity contribution in [3.63, 3.8) is 0 Å². The van der Waals surface area contributed by atoms with Crippen molar-refractivity contribution in [3.8, 4) is 11.4 Å². The van der Waals surface area contributed by atoms with Gasteiger partial charge in [-0.25, -0.2) is 9.78 Å². The summed E-state index contributed by atoms with van der Waals surface area (Å²) in [5.74, 6) is 0.410. The molecule has 0 radical (unpaired) electrons. The maximum Gasteiger partial charge on any atom is 0.356 e. The summed E-state index contributed by atoms with van der Waals surface area (Å²) in [7, 11) is 1.62. The van der Waals surface area contributed by atoms with Gasteiger partial charge in [-0.05, 0) is 47.7 Å². The van der Waals surface area contributed by atoms with Gasteiger partial charge in [-0.15, -0.1) is 0 Å². The molecule has 1 aromatic heterocycles. The van der Waals surface area contributed by atoms with Crippen molar-refractivity contribution in [2.75, 3.05) is 13.7 Å². The smallest absolute Gasteiger partial charge is 0.356 e. The maximum absolute atomic E-state index is 11.8. The zero-order valence-corrected chi connectivity index (χ0v) is 12.7. The number of carbonyl (C=O) groups excluding carboxylic acids is 1. The standard InChI is InChI=1S/C13H13IN2O3/c1-3-19-13(17)11-7-15-8-16(11)9-4-5-12(18-2)10(14)6-9/h4-8H,3H2,1-2H3. The Morgan fingerprint density at radius 1 is 1.47 bits per heavy atom. The Balaban J connectivity index is 2.40. The number of benzene rings is 1. The molecule has 0 aliphatic carbocycles. The quantitative estimate of drug-likeness (QED) is 0.612. The first-order chi connectivity index (χ1) is 9.17. The molecule has 1 aromatic carbocycles. The Hall–Kier alpha value is -1.57. The van der Waals surface area contributed by atoms with E-state index in [1.807, 2.05) is 18.2 Å². The number of esters is 1. The fourth-order valence-electron chi connectivity index (χ4n) is 1.66. The Morgan fingerprint density at radius 3 is 2.89 bits per heavy atom. The van der Waals surface area contributed by atoms with Crippen LogP contribution in [0.25, 0.3) is 5.69 Å². The Labute approximate surface area is 124 Å². The van der Waals surface area contributed by atoms with Gasteiger partial charge in [0.25, 0.3) is 0 Å². The zero-order chi connectivity index (χ0) is 13.8. The van der Waals surface area contributed by atoms with E-state index in [-0.39, 0.29) is 5.97 Å². The highest BCUT2D eigenvalue weighted by Crippen LogP contribution is 2.24. The second kappa shape index (κ2) is 6.05. The molecule has 100 valence electrons. The summed E-state index contributed by atoms with van der Waals surface area (Å²) in [6, 6.07) is 5.64. The van der Waals surface area contributed by atoms with Crippen LogP contribution >= 0.6 is 22.6 Å². The van der Waals surface area contributed by atoms with Crippen LogP contribution in [0.3, 0.4) is 0 Å². The van der Waals surface area contributed by atoms with E-state index in [2.05, 4.69) is 27.6 Å². The number of hydrogen-bond acceptors (Lipinski definition) is 4. The number of ether oxygens (including phenoxy) is 2.